The maximum Gasteiger partial charge on any atom is 0.361 e. The number of hydrogen-bond acceptors (Lipinski definition) is 11. The second-order valence-corrected chi connectivity index (χ2v) is 10.5. The lowest BCUT2D eigenvalue weighted by Gasteiger charge is -2.27. The monoisotopic (exact) mass is 506 g/mol. The summed E-state index contributed by atoms with van der Waals surface area (Å²) in [4.78, 5) is 8.23. The van der Waals surface area contributed by atoms with Crippen molar-refractivity contribution in [2.75, 3.05) is 26.4 Å². The highest BCUT2D eigenvalue weighted by Gasteiger charge is 2.57. The summed E-state index contributed by atoms with van der Waals surface area (Å²) in [6.45, 7) is 6.66. The van der Waals surface area contributed by atoms with Crippen LogP contribution in [-0.4, -0.2) is 81.2 Å². The number of aliphatic hydroxyl groups excluding tert-OH is 1. The van der Waals surface area contributed by atoms with Gasteiger partial charge in [0.15, 0.2) is 23.5 Å². The Labute approximate surface area is 195 Å². The number of fused-ring (bicyclic) bond motifs is 2. The largest absolute Gasteiger partial charge is 0.393 e. The van der Waals surface area contributed by atoms with Gasteiger partial charge >= 0.3 is 7.60 Å². The number of hydrogen-bond donors (Lipinski definition) is 1. The number of nitrogens with zero attached hydrogens (tertiary/aromatic N) is 4. The molecule has 4 heterocycles. The van der Waals surface area contributed by atoms with E-state index in [0.29, 0.717) is 11.0 Å². The molecule has 0 spiro atoms. The molecule has 184 valence electrons. The van der Waals surface area contributed by atoms with Crippen LogP contribution in [0.5, 0.6) is 0 Å². The molecule has 0 amide bonds. The lowest BCUT2D eigenvalue weighted by Crippen LogP contribution is -2.35. The van der Waals surface area contributed by atoms with Crippen LogP contribution in [0.3, 0.4) is 0 Å². The van der Waals surface area contributed by atoms with Gasteiger partial charge in [0.05, 0.1) is 38.0 Å². The Morgan fingerprint density at radius 1 is 1.24 bits per heavy atom. The summed E-state index contributed by atoms with van der Waals surface area (Å²) in [6.07, 6.45) is 0.832. The number of aromatic nitrogens is 4. The van der Waals surface area contributed by atoms with Crippen LogP contribution in [0.15, 0.2) is 12.4 Å². The van der Waals surface area contributed by atoms with Crippen molar-refractivity contribution in [3.05, 3.63) is 17.7 Å². The van der Waals surface area contributed by atoms with Crippen LogP contribution in [0.4, 0.5) is 0 Å². The van der Waals surface area contributed by atoms with E-state index in [0.717, 1.165) is 0 Å². The van der Waals surface area contributed by atoms with Gasteiger partial charge in [-0.25, -0.2) is 9.67 Å². The summed E-state index contributed by atoms with van der Waals surface area (Å²) in [7, 11) is -3.69. The van der Waals surface area contributed by atoms with E-state index in [-0.39, 0.29) is 25.1 Å². The molecule has 2 aromatic heterocycles. The highest BCUT2D eigenvalue weighted by molar-refractivity contribution is 7.54. The standard InChI is InChI=1S/C19H28ClN4O8P/c1-5-28-33(26,29-6-2)13(9-25)27-10-12-14-15(32-19(3,4)31-14)17(30-12)24-16-11(8-22-24)7-21-18(20)23-16/h7-8,12-15,17,25H,5-6,9-10H2,1-4H3/t12-,13-,14-,15-,17-/m1/s1. The van der Waals surface area contributed by atoms with Gasteiger partial charge in [0, 0.05) is 6.20 Å². The van der Waals surface area contributed by atoms with Crippen LogP contribution in [0.25, 0.3) is 11.0 Å². The third-order valence-corrected chi connectivity index (χ3v) is 7.69. The minimum absolute atomic E-state index is 0.0542. The first-order chi connectivity index (χ1) is 15.7. The molecule has 2 aromatic rings. The quantitative estimate of drug-likeness (QED) is 0.376. The second-order valence-electron chi connectivity index (χ2n) is 7.98. The van der Waals surface area contributed by atoms with Crippen molar-refractivity contribution < 1.29 is 37.7 Å². The average Bonchev–Trinajstić information content (AvgIpc) is 3.39. The van der Waals surface area contributed by atoms with Crippen LogP contribution in [0.1, 0.15) is 33.9 Å². The zero-order valence-corrected chi connectivity index (χ0v) is 20.4. The van der Waals surface area contributed by atoms with Crippen molar-refractivity contribution in [3.8, 4) is 0 Å². The van der Waals surface area contributed by atoms with Crippen molar-refractivity contribution in [2.45, 2.75) is 63.9 Å². The molecule has 0 saturated carbocycles. The van der Waals surface area contributed by atoms with E-state index in [1.165, 1.54) is 0 Å². The third-order valence-electron chi connectivity index (χ3n) is 5.25. The van der Waals surface area contributed by atoms with E-state index in [1.807, 2.05) is 0 Å². The maximum absolute atomic E-state index is 13.0. The highest BCUT2D eigenvalue weighted by atomic mass is 35.5. The molecule has 1 N–H and O–H groups in total. The molecule has 2 aliphatic rings. The molecule has 0 aromatic carbocycles. The molecular formula is C19H28ClN4O8P. The minimum Gasteiger partial charge on any atom is -0.393 e. The van der Waals surface area contributed by atoms with Crippen molar-refractivity contribution in [1.82, 2.24) is 19.7 Å². The fourth-order valence-electron chi connectivity index (χ4n) is 4.00. The molecule has 5 atom stereocenters. The van der Waals surface area contributed by atoms with E-state index >= 15 is 0 Å². The molecule has 4 rings (SSSR count). The zero-order valence-electron chi connectivity index (χ0n) is 18.8. The Balaban J connectivity index is 1.56. The van der Waals surface area contributed by atoms with E-state index < -0.39 is 50.4 Å². The van der Waals surface area contributed by atoms with Crippen molar-refractivity contribution in [3.63, 3.8) is 0 Å². The van der Waals surface area contributed by atoms with Crippen molar-refractivity contribution in [1.29, 1.82) is 0 Å². The van der Waals surface area contributed by atoms with Gasteiger partial charge in [-0.2, -0.15) is 10.1 Å². The van der Waals surface area contributed by atoms with Crippen LogP contribution >= 0.6 is 19.2 Å². The van der Waals surface area contributed by atoms with Gasteiger partial charge in [0.2, 0.25) is 5.28 Å². The molecule has 12 nitrogen and oxygen atoms in total. The van der Waals surface area contributed by atoms with Crippen LogP contribution in [0.2, 0.25) is 5.28 Å². The Bertz CT molecular complexity index is 1010. The Kier molecular flexibility index (Phi) is 7.40. The molecule has 2 aliphatic heterocycles. The summed E-state index contributed by atoms with van der Waals surface area (Å²) in [5, 5.41) is 15.0. The van der Waals surface area contributed by atoms with E-state index in [4.69, 9.17) is 39.6 Å². The predicted molar refractivity (Wildman–Crippen MR) is 116 cm³/mol. The van der Waals surface area contributed by atoms with Gasteiger partial charge in [-0.15, -0.1) is 0 Å². The fraction of sp³-hybridized carbons (Fsp3) is 0.737. The first-order valence-electron chi connectivity index (χ1n) is 10.7. The van der Waals surface area contributed by atoms with Gasteiger partial charge in [-0.3, -0.25) is 4.57 Å². The van der Waals surface area contributed by atoms with Gasteiger partial charge < -0.3 is 33.1 Å². The SMILES string of the molecule is CCOP(=O)(OCC)[C@H](CO)OC[C@H]1O[C@@H](n2ncc3cnc(Cl)nc32)[C@@H]2OC(C)(C)O[C@@H]21. The van der Waals surface area contributed by atoms with Gasteiger partial charge in [-0.1, -0.05) is 0 Å². The number of rotatable bonds is 10. The minimum atomic E-state index is -3.69. The van der Waals surface area contributed by atoms with Crippen LogP contribution in [0, 0.1) is 0 Å². The van der Waals surface area contributed by atoms with Gasteiger partial charge in [-0.05, 0) is 39.3 Å². The summed E-state index contributed by atoms with van der Waals surface area (Å²) < 4.78 is 49.4. The molecular weight excluding hydrogens is 479 g/mol. The van der Waals surface area contributed by atoms with E-state index in [1.54, 1.807) is 44.8 Å². The first kappa shape index (κ1) is 24.9. The summed E-state index contributed by atoms with van der Waals surface area (Å²) >= 11 is 5.98. The molecule has 0 radical (unpaired) electrons. The Morgan fingerprint density at radius 3 is 2.61 bits per heavy atom. The molecule has 2 saturated heterocycles. The summed E-state index contributed by atoms with van der Waals surface area (Å²) in [6, 6.07) is 0. The molecule has 2 fully saturated rings. The lowest BCUT2D eigenvalue weighted by molar-refractivity contribution is -0.204. The normalized spacial score (nSPS) is 27.8. The van der Waals surface area contributed by atoms with E-state index in [9.17, 15) is 9.67 Å². The highest BCUT2D eigenvalue weighted by Crippen LogP contribution is 2.53. The van der Waals surface area contributed by atoms with Crippen molar-refractivity contribution in [2.24, 2.45) is 0 Å². The smallest absolute Gasteiger partial charge is 0.361 e. The van der Waals surface area contributed by atoms with Crippen LogP contribution in [-0.2, 0) is 32.6 Å². The van der Waals surface area contributed by atoms with Gasteiger partial charge in [0.25, 0.3) is 0 Å². The van der Waals surface area contributed by atoms with Gasteiger partial charge in [0.1, 0.15) is 18.3 Å². The van der Waals surface area contributed by atoms with Crippen molar-refractivity contribution >= 4 is 30.2 Å². The molecule has 0 aliphatic carbocycles. The Morgan fingerprint density at radius 2 is 1.94 bits per heavy atom. The number of halogens is 1. The fourth-order valence-corrected chi connectivity index (χ4v) is 5.73. The Hall–Kier alpha value is -1.21. The second kappa shape index (κ2) is 9.80. The average molecular weight is 507 g/mol. The molecule has 14 heteroatoms. The maximum atomic E-state index is 13.0. The summed E-state index contributed by atoms with van der Waals surface area (Å²) in [5.74, 6) is -2.04. The lowest BCUT2D eigenvalue weighted by atomic mass is 10.1. The molecule has 0 bridgehead atoms. The number of aliphatic hydroxyl groups is 1. The third kappa shape index (κ3) is 4.95. The molecule has 33 heavy (non-hydrogen) atoms. The first-order valence-corrected chi connectivity index (χ1v) is 12.7. The zero-order chi connectivity index (χ0) is 23.8. The summed E-state index contributed by atoms with van der Waals surface area (Å²) in [5.41, 5.74) is 0.485. The predicted octanol–water partition coefficient (Wildman–Crippen LogP) is 2.50. The number of ether oxygens (including phenoxy) is 4. The molecule has 0 unspecified atom stereocenters. The van der Waals surface area contributed by atoms with Crippen LogP contribution < -0.4 is 0 Å². The topological polar surface area (TPSA) is 136 Å². The van der Waals surface area contributed by atoms with E-state index in [2.05, 4.69) is 15.1 Å².